The fourth-order valence-corrected chi connectivity index (χ4v) is 3.96. The summed E-state index contributed by atoms with van der Waals surface area (Å²) in [6.45, 7) is 6.67. The van der Waals surface area contributed by atoms with E-state index >= 15 is 0 Å². The summed E-state index contributed by atoms with van der Waals surface area (Å²) in [7, 11) is 0. The number of oxazole rings is 1. The highest BCUT2D eigenvalue weighted by molar-refractivity contribution is 5.91. The van der Waals surface area contributed by atoms with Crippen LogP contribution in [0.5, 0.6) is 0 Å². The van der Waals surface area contributed by atoms with Crippen LogP contribution in [0.1, 0.15) is 62.7 Å². The van der Waals surface area contributed by atoms with E-state index in [1.807, 2.05) is 25.7 Å². The van der Waals surface area contributed by atoms with E-state index in [-0.39, 0.29) is 30.0 Å². The Hall–Kier alpha value is -3.34. The quantitative estimate of drug-likeness (QED) is 0.712. The molecule has 1 saturated carbocycles. The Morgan fingerprint density at radius 1 is 1.12 bits per heavy atom. The van der Waals surface area contributed by atoms with Gasteiger partial charge in [0, 0.05) is 30.7 Å². The smallest absolute Gasteiger partial charge is 0.410 e. The molecule has 0 spiro atoms. The van der Waals surface area contributed by atoms with E-state index in [9.17, 15) is 9.59 Å². The van der Waals surface area contributed by atoms with E-state index in [0.29, 0.717) is 37.3 Å². The topological polar surface area (TPSA) is 99.7 Å². The monoisotopic (exact) mass is 436 g/mol. The minimum absolute atomic E-state index is 0.0407. The second-order valence-corrected chi connectivity index (χ2v) is 9.36. The summed E-state index contributed by atoms with van der Waals surface area (Å²) in [6.07, 6.45) is 4.59. The first-order valence-electron chi connectivity index (χ1n) is 11.0. The van der Waals surface area contributed by atoms with E-state index in [1.54, 1.807) is 35.4 Å². The van der Waals surface area contributed by atoms with Crippen molar-refractivity contribution in [1.82, 2.24) is 14.8 Å². The first kappa shape index (κ1) is 21.9. The number of piperidine rings is 1. The molecule has 4 rings (SSSR count). The van der Waals surface area contributed by atoms with E-state index < -0.39 is 5.60 Å². The summed E-state index contributed by atoms with van der Waals surface area (Å²) in [5.41, 5.74) is 0.794. The minimum Gasteiger partial charge on any atom is -0.444 e. The fourth-order valence-electron chi connectivity index (χ4n) is 3.96. The third kappa shape index (κ3) is 4.93. The first-order valence-corrected chi connectivity index (χ1v) is 11.0. The van der Waals surface area contributed by atoms with Gasteiger partial charge in [0.1, 0.15) is 5.60 Å². The van der Waals surface area contributed by atoms with Crippen molar-refractivity contribution in [2.75, 3.05) is 13.1 Å². The lowest BCUT2D eigenvalue weighted by Gasteiger charge is -2.38. The molecule has 1 aliphatic heterocycles. The third-order valence-electron chi connectivity index (χ3n) is 5.67. The molecule has 168 valence electrons. The van der Waals surface area contributed by atoms with Crippen LogP contribution in [0.4, 0.5) is 4.79 Å². The van der Waals surface area contributed by atoms with E-state index in [0.717, 1.165) is 18.4 Å². The molecule has 2 aliphatic rings. The van der Waals surface area contributed by atoms with Crippen molar-refractivity contribution in [1.29, 1.82) is 5.26 Å². The predicted molar refractivity (Wildman–Crippen MR) is 117 cm³/mol. The van der Waals surface area contributed by atoms with Crippen molar-refractivity contribution in [3.8, 4) is 17.4 Å². The van der Waals surface area contributed by atoms with Crippen LogP contribution < -0.4 is 0 Å². The summed E-state index contributed by atoms with van der Waals surface area (Å²) >= 11 is 0. The van der Waals surface area contributed by atoms with Gasteiger partial charge in [-0.25, -0.2) is 9.78 Å². The van der Waals surface area contributed by atoms with E-state index in [4.69, 9.17) is 14.4 Å². The van der Waals surface area contributed by atoms with Gasteiger partial charge in [-0.15, -0.1) is 0 Å². The molecular formula is C24H28N4O4. The maximum Gasteiger partial charge on any atom is 0.410 e. The maximum atomic E-state index is 13.3. The average molecular weight is 437 g/mol. The number of benzene rings is 1. The number of likely N-dealkylation sites (tertiary alicyclic amines) is 1. The second-order valence-electron chi connectivity index (χ2n) is 9.36. The Balaban J connectivity index is 1.43. The average Bonchev–Trinajstić information content (AvgIpc) is 3.47. The molecule has 32 heavy (non-hydrogen) atoms. The minimum atomic E-state index is -0.526. The number of rotatable bonds is 4. The predicted octanol–water partition coefficient (Wildman–Crippen LogP) is 4.22. The Kier molecular flexibility index (Phi) is 5.92. The molecule has 1 saturated heterocycles. The molecule has 8 heteroatoms. The molecule has 1 aromatic carbocycles. The number of ether oxygens (including phenoxy) is 1. The molecule has 1 aromatic heterocycles. The van der Waals surface area contributed by atoms with E-state index in [2.05, 4.69) is 11.1 Å². The molecule has 2 heterocycles. The van der Waals surface area contributed by atoms with Gasteiger partial charge in [0.05, 0.1) is 17.8 Å². The Morgan fingerprint density at radius 3 is 2.31 bits per heavy atom. The van der Waals surface area contributed by atoms with Crippen LogP contribution in [-0.2, 0) is 4.74 Å². The summed E-state index contributed by atoms with van der Waals surface area (Å²) in [5, 5.41) is 8.95. The summed E-state index contributed by atoms with van der Waals surface area (Å²) in [6, 6.07) is 9.28. The molecule has 0 atom stereocenters. The molecule has 0 N–H and O–H groups in total. The van der Waals surface area contributed by atoms with Crippen LogP contribution in [0, 0.1) is 11.3 Å². The highest BCUT2D eigenvalue weighted by Crippen LogP contribution is 2.34. The van der Waals surface area contributed by atoms with Crippen molar-refractivity contribution in [2.45, 2.75) is 64.1 Å². The van der Waals surface area contributed by atoms with Crippen molar-refractivity contribution >= 4 is 12.0 Å². The molecule has 0 unspecified atom stereocenters. The third-order valence-corrected chi connectivity index (χ3v) is 5.67. The number of aromatic nitrogens is 1. The van der Waals surface area contributed by atoms with Crippen LogP contribution in [-0.4, -0.2) is 57.6 Å². The van der Waals surface area contributed by atoms with Gasteiger partial charge >= 0.3 is 12.0 Å². The number of nitriles is 1. The van der Waals surface area contributed by atoms with Crippen molar-refractivity contribution in [3.63, 3.8) is 0 Å². The SMILES string of the molecule is CC(C)(C)OC(=O)N1CCC(N(C(=O)c2ncc(-c3ccc(C#N)cc3)o2)C2CC2)CC1. The normalized spacial score (nSPS) is 17.0. The van der Waals surface area contributed by atoms with Crippen LogP contribution in [0.15, 0.2) is 34.9 Å². The molecule has 2 fully saturated rings. The zero-order valence-corrected chi connectivity index (χ0v) is 18.7. The Bertz CT molecular complexity index is 1020. The molecule has 0 bridgehead atoms. The number of hydrogen-bond acceptors (Lipinski definition) is 6. The van der Waals surface area contributed by atoms with Crippen molar-refractivity contribution in [3.05, 3.63) is 41.9 Å². The van der Waals surface area contributed by atoms with Crippen LogP contribution in [0.2, 0.25) is 0 Å². The van der Waals surface area contributed by atoms with Gasteiger partial charge in [0.25, 0.3) is 5.89 Å². The van der Waals surface area contributed by atoms with Gasteiger partial charge in [-0.2, -0.15) is 5.26 Å². The lowest BCUT2D eigenvalue weighted by Crippen LogP contribution is -2.50. The number of nitrogens with zero attached hydrogens (tertiary/aromatic N) is 4. The van der Waals surface area contributed by atoms with Gasteiger partial charge in [-0.3, -0.25) is 4.79 Å². The van der Waals surface area contributed by atoms with Gasteiger partial charge in [0.15, 0.2) is 5.76 Å². The molecule has 0 radical (unpaired) electrons. The van der Waals surface area contributed by atoms with Gasteiger partial charge < -0.3 is 19.0 Å². The van der Waals surface area contributed by atoms with Crippen LogP contribution in [0.3, 0.4) is 0 Å². The maximum absolute atomic E-state index is 13.3. The molecule has 1 aliphatic carbocycles. The zero-order valence-electron chi connectivity index (χ0n) is 18.7. The van der Waals surface area contributed by atoms with Gasteiger partial charge in [0.2, 0.25) is 0 Å². The summed E-state index contributed by atoms with van der Waals surface area (Å²) in [5.74, 6) is 0.363. The number of amides is 2. The molecule has 2 amide bonds. The first-order chi connectivity index (χ1) is 15.2. The number of hydrogen-bond donors (Lipinski definition) is 0. The standard InChI is InChI=1S/C24H28N4O4/c1-24(2,3)32-23(30)27-12-10-19(11-13-27)28(18-8-9-18)22(29)21-26-15-20(31-21)17-6-4-16(14-25)5-7-17/h4-7,15,18-19H,8-13H2,1-3H3. The van der Waals surface area contributed by atoms with Crippen molar-refractivity contribution in [2.24, 2.45) is 0 Å². The lowest BCUT2D eigenvalue weighted by atomic mass is 10.0. The summed E-state index contributed by atoms with van der Waals surface area (Å²) in [4.78, 5) is 33.5. The molecule has 2 aromatic rings. The van der Waals surface area contributed by atoms with E-state index in [1.165, 1.54) is 0 Å². The van der Waals surface area contributed by atoms with Crippen LogP contribution >= 0.6 is 0 Å². The van der Waals surface area contributed by atoms with Crippen molar-refractivity contribution < 1.29 is 18.7 Å². The molecule has 8 nitrogen and oxygen atoms in total. The Morgan fingerprint density at radius 2 is 1.75 bits per heavy atom. The molecular weight excluding hydrogens is 408 g/mol. The second kappa shape index (κ2) is 8.65. The fraction of sp³-hybridized carbons (Fsp3) is 0.500. The zero-order chi connectivity index (χ0) is 22.9. The lowest BCUT2D eigenvalue weighted by molar-refractivity contribution is 0.0138. The van der Waals surface area contributed by atoms with Gasteiger partial charge in [-0.1, -0.05) is 0 Å². The highest BCUT2D eigenvalue weighted by atomic mass is 16.6. The van der Waals surface area contributed by atoms with Crippen LogP contribution in [0.25, 0.3) is 11.3 Å². The van der Waals surface area contributed by atoms with Gasteiger partial charge in [-0.05, 0) is 70.7 Å². The summed E-state index contributed by atoms with van der Waals surface area (Å²) < 4.78 is 11.3. The largest absolute Gasteiger partial charge is 0.444 e. The Labute approximate surface area is 187 Å². The number of carbonyl (C=O) groups excluding carboxylic acids is 2. The highest BCUT2D eigenvalue weighted by Gasteiger charge is 2.41. The number of carbonyl (C=O) groups is 2.